The molecule has 0 bridgehead atoms. The number of hydrogen-bond acceptors (Lipinski definition) is 4. The highest BCUT2D eigenvalue weighted by molar-refractivity contribution is 9.09. The summed E-state index contributed by atoms with van der Waals surface area (Å²) in [4.78, 5) is 10.5. The Bertz CT molecular complexity index is 811. The van der Waals surface area contributed by atoms with Crippen molar-refractivity contribution in [2.75, 3.05) is 7.11 Å². The zero-order chi connectivity index (χ0) is 16.2. The lowest BCUT2D eigenvalue weighted by atomic mass is 10.2. The van der Waals surface area contributed by atoms with Gasteiger partial charge in [-0.3, -0.25) is 0 Å². The van der Waals surface area contributed by atoms with Crippen molar-refractivity contribution < 1.29 is 18.7 Å². The summed E-state index contributed by atoms with van der Waals surface area (Å²) in [6.07, 6.45) is 0.777. The zero-order valence-electron chi connectivity index (χ0n) is 12.5. The molecule has 23 heavy (non-hydrogen) atoms. The van der Waals surface area contributed by atoms with Crippen LogP contribution in [0.15, 0.2) is 52.9 Å². The van der Waals surface area contributed by atoms with Crippen molar-refractivity contribution in [1.29, 1.82) is 0 Å². The summed E-state index contributed by atoms with van der Waals surface area (Å²) in [5.74, 6) is 1.83. The minimum atomic E-state index is -0.483. The van der Waals surface area contributed by atoms with Gasteiger partial charge in [0.2, 0.25) is 0 Å². The molecule has 0 N–H and O–H groups in total. The third-order valence-corrected chi connectivity index (χ3v) is 4.12. The lowest BCUT2D eigenvalue weighted by molar-refractivity contribution is -0.107. The van der Waals surface area contributed by atoms with Crippen molar-refractivity contribution in [3.8, 4) is 11.5 Å². The van der Waals surface area contributed by atoms with E-state index in [1.165, 1.54) is 0 Å². The highest BCUT2D eigenvalue weighted by Gasteiger charge is 2.16. The van der Waals surface area contributed by atoms with E-state index < -0.39 is 4.83 Å². The van der Waals surface area contributed by atoms with Crippen molar-refractivity contribution >= 4 is 33.2 Å². The first kappa shape index (κ1) is 15.6. The van der Waals surface area contributed by atoms with Crippen molar-refractivity contribution in [3.05, 3.63) is 59.9 Å². The molecule has 0 amide bonds. The number of rotatable bonds is 6. The monoisotopic (exact) mass is 374 g/mol. The van der Waals surface area contributed by atoms with Crippen LogP contribution in [0.5, 0.6) is 11.5 Å². The van der Waals surface area contributed by atoms with Crippen molar-refractivity contribution in [1.82, 2.24) is 0 Å². The molecule has 1 unspecified atom stereocenters. The first-order valence-corrected chi connectivity index (χ1v) is 8.00. The summed E-state index contributed by atoms with van der Waals surface area (Å²) in [5.41, 5.74) is 1.69. The smallest absolute Gasteiger partial charge is 0.141 e. The highest BCUT2D eigenvalue weighted by Crippen LogP contribution is 2.36. The second-order valence-corrected chi connectivity index (χ2v) is 5.98. The fraction of sp³-hybridized carbons (Fsp3) is 0.167. The predicted molar refractivity (Wildman–Crippen MR) is 91.3 cm³/mol. The molecular formula is C18H15BrO4. The second-order valence-electron chi connectivity index (χ2n) is 5.00. The van der Waals surface area contributed by atoms with Gasteiger partial charge in [-0.1, -0.05) is 46.3 Å². The van der Waals surface area contributed by atoms with Gasteiger partial charge in [-0.05, 0) is 11.6 Å². The Morgan fingerprint density at radius 1 is 1.22 bits per heavy atom. The number of alkyl halides is 1. The molecule has 0 saturated carbocycles. The molecule has 1 heterocycles. The number of aldehydes is 1. The Labute approximate surface area is 142 Å². The molecule has 0 radical (unpaired) electrons. The molecule has 0 aliphatic carbocycles. The van der Waals surface area contributed by atoms with Crippen molar-refractivity contribution in [2.45, 2.75) is 11.4 Å². The Morgan fingerprint density at radius 2 is 2.00 bits per heavy atom. The van der Waals surface area contributed by atoms with Gasteiger partial charge in [0.05, 0.1) is 12.5 Å². The summed E-state index contributed by atoms with van der Waals surface area (Å²) in [6, 6.07) is 15.3. The van der Waals surface area contributed by atoms with Crippen LogP contribution in [0.1, 0.15) is 16.2 Å². The van der Waals surface area contributed by atoms with Crippen LogP contribution in [0.4, 0.5) is 0 Å². The van der Waals surface area contributed by atoms with Crippen LogP contribution in [0.2, 0.25) is 0 Å². The molecular weight excluding hydrogens is 360 g/mol. The molecule has 1 atom stereocenters. The maximum atomic E-state index is 10.9. The molecule has 0 aliphatic rings. The number of fused-ring (bicyclic) bond motifs is 1. The molecule has 0 saturated heterocycles. The quantitative estimate of drug-likeness (QED) is 0.465. The third-order valence-electron chi connectivity index (χ3n) is 3.46. The molecule has 0 aliphatic heterocycles. The van der Waals surface area contributed by atoms with Crippen LogP contribution in [0.25, 0.3) is 11.0 Å². The number of methoxy groups -OCH3 is 1. The number of halogens is 1. The normalized spacial score (nSPS) is 12.1. The summed E-state index contributed by atoms with van der Waals surface area (Å²) in [5, 5.41) is 0.808. The van der Waals surface area contributed by atoms with E-state index in [0.717, 1.165) is 17.2 Å². The maximum absolute atomic E-state index is 10.9. The van der Waals surface area contributed by atoms with Crippen molar-refractivity contribution in [2.24, 2.45) is 0 Å². The van der Waals surface area contributed by atoms with Gasteiger partial charge >= 0.3 is 0 Å². The van der Waals surface area contributed by atoms with Gasteiger partial charge in [-0.15, -0.1) is 0 Å². The van der Waals surface area contributed by atoms with E-state index in [2.05, 4.69) is 15.9 Å². The highest BCUT2D eigenvalue weighted by atomic mass is 79.9. The molecule has 118 valence electrons. The molecule has 5 heteroatoms. The average Bonchev–Trinajstić information content (AvgIpc) is 3.03. The van der Waals surface area contributed by atoms with Crippen LogP contribution < -0.4 is 9.47 Å². The summed E-state index contributed by atoms with van der Waals surface area (Å²) >= 11 is 3.26. The Hall–Kier alpha value is -2.27. The third kappa shape index (κ3) is 3.40. The maximum Gasteiger partial charge on any atom is 0.141 e. The SMILES string of the molecule is COc1cc(OCc2ccccc2)c2cc(C(Br)C=O)oc2c1. The summed E-state index contributed by atoms with van der Waals surface area (Å²) < 4.78 is 16.9. The van der Waals surface area contributed by atoms with E-state index in [1.807, 2.05) is 42.5 Å². The van der Waals surface area contributed by atoms with E-state index in [1.54, 1.807) is 13.2 Å². The zero-order valence-corrected chi connectivity index (χ0v) is 14.1. The summed E-state index contributed by atoms with van der Waals surface area (Å²) in [7, 11) is 1.59. The van der Waals surface area contributed by atoms with E-state index >= 15 is 0 Å². The van der Waals surface area contributed by atoms with Gasteiger partial charge in [-0.25, -0.2) is 0 Å². The van der Waals surface area contributed by atoms with E-state index in [4.69, 9.17) is 13.9 Å². The first-order chi connectivity index (χ1) is 11.2. The lowest BCUT2D eigenvalue weighted by Gasteiger charge is -2.09. The Kier molecular flexibility index (Phi) is 4.67. The number of ether oxygens (including phenoxy) is 2. The van der Waals surface area contributed by atoms with E-state index in [9.17, 15) is 4.79 Å². The molecule has 1 aromatic heterocycles. The van der Waals surface area contributed by atoms with Gasteiger partial charge in [0.25, 0.3) is 0 Å². The fourth-order valence-corrected chi connectivity index (χ4v) is 2.50. The summed E-state index contributed by atoms with van der Waals surface area (Å²) in [6.45, 7) is 0.440. The van der Waals surface area contributed by atoms with Crippen LogP contribution in [0.3, 0.4) is 0 Å². The van der Waals surface area contributed by atoms with Crippen LogP contribution in [-0.2, 0) is 11.4 Å². The Balaban J connectivity index is 1.96. The minimum absolute atomic E-state index is 0.440. The van der Waals surface area contributed by atoms with Gasteiger partial charge in [0, 0.05) is 12.1 Å². The first-order valence-electron chi connectivity index (χ1n) is 7.09. The number of carbonyl (C=O) groups is 1. The standard InChI is InChI=1S/C18H15BrO4/c1-21-13-7-16(22-11-12-5-3-2-4-6-12)14-9-18(15(19)10-20)23-17(14)8-13/h2-10,15H,11H2,1H3. The number of benzene rings is 2. The average molecular weight is 375 g/mol. The van der Waals surface area contributed by atoms with Crippen LogP contribution in [-0.4, -0.2) is 13.4 Å². The van der Waals surface area contributed by atoms with Gasteiger partial charge in [0.1, 0.15) is 40.6 Å². The molecule has 4 nitrogen and oxygen atoms in total. The molecule has 3 rings (SSSR count). The predicted octanol–water partition coefficient (Wildman–Crippen LogP) is 4.66. The number of furan rings is 1. The largest absolute Gasteiger partial charge is 0.496 e. The second kappa shape index (κ2) is 6.87. The van der Waals surface area contributed by atoms with Crippen LogP contribution in [0, 0.1) is 0 Å². The van der Waals surface area contributed by atoms with Crippen LogP contribution >= 0.6 is 15.9 Å². The van der Waals surface area contributed by atoms with Gasteiger partial charge in [-0.2, -0.15) is 0 Å². The van der Waals surface area contributed by atoms with Crippen molar-refractivity contribution in [3.63, 3.8) is 0 Å². The lowest BCUT2D eigenvalue weighted by Crippen LogP contribution is -1.96. The van der Waals surface area contributed by atoms with Gasteiger partial charge < -0.3 is 18.7 Å². The van der Waals surface area contributed by atoms with Gasteiger partial charge in [0.15, 0.2) is 0 Å². The molecule has 0 fully saturated rings. The topological polar surface area (TPSA) is 48.7 Å². The minimum Gasteiger partial charge on any atom is -0.496 e. The molecule has 3 aromatic rings. The number of hydrogen-bond donors (Lipinski definition) is 0. The van der Waals surface area contributed by atoms with E-state index in [-0.39, 0.29) is 0 Å². The van der Waals surface area contributed by atoms with E-state index in [0.29, 0.717) is 29.4 Å². The Morgan fingerprint density at radius 3 is 2.70 bits per heavy atom. The molecule has 2 aromatic carbocycles. The number of carbonyl (C=O) groups excluding carboxylic acids is 1. The fourth-order valence-electron chi connectivity index (χ4n) is 2.28. The molecule has 0 spiro atoms.